The molecule has 0 bridgehead atoms. The topological polar surface area (TPSA) is 38.9 Å². The number of halogens is 1. The van der Waals surface area contributed by atoms with E-state index in [-0.39, 0.29) is 11.1 Å². The third kappa shape index (κ3) is 2.61. The number of aromatic nitrogens is 2. The molecule has 3 nitrogen and oxygen atoms in total. The van der Waals surface area contributed by atoms with Crippen LogP contribution < -0.4 is 0 Å². The van der Waals surface area contributed by atoms with Crippen LogP contribution >= 0.6 is 11.8 Å². The van der Waals surface area contributed by atoms with Gasteiger partial charge < -0.3 is 4.52 Å². The predicted molar refractivity (Wildman–Crippen MR) is 59.7 cm³/mol. The monoisotopic (exact) mass is 238 g/mol. The van der Waals surface area contributed by atoms with E-state index in [1.165, 1.54) is 12.1 Å². The number of nitrogens with zero attached hydrogens (tertiary/aromatic N) is 2. The van der Waals surface area contributed by atoms with Gasteiger partial charge in [-0.25, -0.2) is 4.39 Å². The van der Waals surface area contributed by atoms with Crippen LogP contribution in [-0.2, 0) is 0 Å². The summed E-state index contributed by atoms with van der Waals surface area (Å²) in [6.07, 6.45) is 0. The first kappa shape index (κ1) is 11.1. The summed E-state index contributed by atoms with van der Waals surface area (Å²) in [6, 6.07) is 6.35. The minimum absolute atomic E-state index is 0.0617. The fourth-order valence-corrected chi connectivity index (χ4v) is 2.14. The van der Waals surface area contributed by atoms with E-state index in [2.05, 4.69) is 10.1 Å². The molecule has 0 N–H and O–H groups in total. The molecule has 1 aromatic carbocycles. The Kier molecular flexibility index (Phi) is 3.24. The Morgan fingerprint density at radius 3 is 2.56 bits per heavy atom. The lowest BCUT2D eigenvalue weighted by molar-refractivity contribution is 0.376. The first-order valence-electron chi connectivity index (χ1n) is 4.87. The Bertz CT molecular complexity index is 469. The summed E-state index contributed by atoms with van der Waals surface area (Å²) in [5.41, 5.74) is 0. The van der Waals surface area contributed by atoms with E-state index >= 15 is 0 Å². The molecule has 84 valence electrons. The Labute approximate surface area is 97.1 Å². The van der Waals surface area contributed by atoms with Gasteiger partial charge in [0.05, 0.1) is 5.25 Å². The van der Waals surface area contributed by atoms with Crippen LogP contribution in [0, 0.1) is 12.7 Å². The van der Waals surface area contributed by atoms with Gasteiger partial charge in [0.25, 0.3) is 0 Å². The van der Waals surface area contributed by atoms with Gasteiger partial charge in [-0.15, -0.1) is 11.8 Å². The second kappa shape index (κ2) is 4.65. The summed E-state index contributed by atoms with van der Waals surface area (Å²) < 4.78 is 17.8. The maximum atomic E-state index is 12.7. The van der Waals surface area contributed by atoms with Gasteiger partial charge in [0, 0.05) is 4.90 Å². The van der Waals surface area contributed by atoms with Crippen molar-refractivity contribution >= 4 is 11.8 Å². The molecule has 1 aromatic heterocycles. The van der Waals surface area contributed by atoms with E-state index in [9.17, 15) is 4.39 Å². The van der Waals surface area contributed by atoms with Crippen LogP contribution in [0.5, 0.6) is 0 Å². The molecule has 5 heteroatoms. The average Bonchev–Trinajstić information content (AvgIpc) is 2.68. The molecule has 1 atom stereocenters. The molecule has 0 saturated heterocycles. The standard InChI is InChI=1S/C11H11FN2OS/c1-7(11-13-8(2)14-15-11)16-10-5-3-9(12)4-6-10/h3-7H,1-2H3/t7-/m0/s1. The van der Waals surface area contributed by atoms with Crippen molar-refractivity contribution in [1.29, 1.82) is 0 Å². The van der Waals surface area contributed by atoms with E-state index in [0.29, 0.717) is 11.7 Å². The van der Waals surface area contributed by atoms with Gasteiger partial charge in [0.1, 0.15) is 5.82 Å². The lowest BCUT2D eigenvalue weighted by Gasteiger charge is -2.05. The summed E-state index contributed by atoms with van der Waals surface area (Å²) in [6.45, 7) is 3.75. The first-order chi connectivity index (χ1) is 7.65. The zero-order valence-corrected chi connectivity index (χ0v) is 9.79. The number of aryl methyl sites for hydroxylation is 1. The summed E-state index contributed by atoms with van der Waals surface area (Å²) in [5, 5.41) is 3.80. The fraction of sp³-hybridized carbons (Fsp3) is 0.273. The van der Waals surface area contributed by atoms with Crippen molar-refractivity contribution in [2.45, 2.75) is 24.0 Å². The minimum atomic E-state index is -0.231. The highest BCUT2D eigenvalue weighted by atomic mass is 32.2. The lowest BCUT2D eigenvalue weighted by Crippen LogP contribution is -1.88. The average molecular weight is 238 g/mol. The van der Waals surface area contributed by atoms with Crippen molar-refractivity contribution in [2.24, 2.45) is 0 Å². The molecule has 0 spiro atoms. The van der Waals surface area contributed by atoms with Gasteiger partial charge in [-0.1, -0.05) is 5.16 Å². The summed E-state index contributed by atoms with van der Waals surface area (Å²) in [7, 11) is 0. The van der Waals surface area contributed by atoms with Crippen LogP contribution in [0.3, 0.4) is 0 Å². The van der Waals surface area contributed by atoms with Crippen LogP contribution in [0.1, 0.15) is 23.9 Å². The van der Waals surface area contributed by atoms with Crippen molar-refractivity contribution in [2.75, 3.05) is 0 Å². The molecule has 1 heterocycles. The predicted octanol–water partition coefficient (Wildman–Crippen LogP) is 3.37. The fourth-order valence-electron chi connectivity index (χ4n) is 1.25. The van der Waals surface area contributed by atoms with Crippen LogP contribution in [0.25, 0.3) is 0 Å². The van der Waals surface area contributed by atoms with E-state index in [4.69, 9.17) is 4.52 Å². The van der Waals surface area contributed by atoms with E-state index < -0.39 is 0 Å². The molecule has 16 heavy (non-hydrogen) atoms. The van der Waals surface area contributed by atoms with Gasteiger partial charge in [0.2, 0.25) is 5.89 Å². The van der Waals surface area contributed by atoms with Crippen LogP contribution in [0.15, 0.2) is 33.7 Å². The molecular formula is C11H11FN2OS. The second-order valence-corrected chi connectivity index (χ2v) is 4.81. The Morgan fingerprint density at radius 1 is 1.31 bits per heavy atom. The molecule has 0 aliphatic rings. The largest absolute Gasteiger partial charge is 0.338 e. The van der Waals surface area contributed by atoms with Gasteiger partial charge in [0.15, 0.2) is 5.82 Å². The smallest absolute Gasteiger partial charge is 0.239 e. The molecular weight excluding hydrogens is 227 g/mol. The second-order valence-electron chi connectivity index (χ2n) is 3.39. The van der Waals surface area contributed by atoms with Crippen LogP contribution in [-0.4, -0.2) is 10.1 Å². The highest BCUT2D eigenvalue weighted by Crippen LogP contribution is 2.33. The van der Waals surface area contributed by atoms with Gasteiger partial charge >= 0.3 is 0 Å². The third-order valence-corrected chi connectivity index (χ3v) is 3.12. The van der Waals surface area contributed by atoms with Crippen LogP contribution in [0.2, 0.25) is 0 Å². The number of rotatable bonds is 3. The van der Waals surface area contributed by atoms with Gasteiger partial charge in [-0.3, -0.25) is 0 Å². The lowest BCUT2D eigenvalue weighted by atomic mass is 10.3. The summed E-state index contributed by atoms with van der Waals surface area (Å²) in [5.74, 6) is 0.985. The molecule has 0 saturated carbocycles. The van der Waals surface area contributed by atoms with Crippen molar-refractivity contribution < 1.29 is 8.91 Å². The zero-order chi connectivity index (χ0) is 11.5. The Balaban J connectivity index is 2.07. The SMILES string of the molecule is Cc1noc([C@H](C)Sc2ccc(F)cc2)n1. The quantitative estimate of drug-likeness (QED) is 0.768. The van der Waals surface area contributed by atoms with E-state index in [1.807, 2.05) is 6.92 Å². The highest BCUT2D eigenvalue weighted by Gasteiger charge is 2.14. The number of hydrogen-bond donors (Lipinski definition) is 0. The number of thioether (sulfide) groups is 1. The van der Waals surface area contributed by atoms with Crippen LogP contribution in [0.4, 0.5) is 4.39 Å². The first-order valence-corrected chi connectivity index (χ1v) is 5.75. The molecule has 0 aliphatic heterocycles. The highest BCUT2D eigenvalue weighted by molar-refractivity contribution is 7.99. The summed E-state index contributed by atoms with van der Waals surface area (Å²) in [4.78, 5) is 5.13. The number of hydrogen-bond acceptors (Lipinski definition) is 4. The molecule has 0 fully saturated rings. The molecule has 2 aromatic rings. The Hall–Kier alpha value is -1.36. The zero-order valence-electron chi connectivity index (χ0n) is 8.98. The maximum absolute atomic E-state index is 12.7. The molecule has 0 aliphatic carbocycles. The minimum Gasteiger partial charge on any atom is -0.338 e. The normalized spacial score (nSPS) is 12.7. The third-order valence-electron chi connectivity index (χ3n) is 2.02. The van der Waals surface area contributed by atoms with E-state index in [1.54, 1.807) is 30.8 Å². The number of benzene rings is 1. The van der Waals surface area contributed by atoms with Gasteiger partial charge in [-0.05, 0) is 38.1 Å². The van der Waals surface area contributed by atoms with E-state index in [0.717, 1.165) is 4.90 Å². The molecule has 2 rings (SSSR count). The molecule has 0 amide bonds. The van der Waals surface area contributed by atoms with Crippen molar-refractivity contribution in [1.82, 2.24) is 10.1 Å². The molecule has 0 radical (unpaired) electrons. The van der Waals surface area contributed by atoms with Crippen molar-refractivity contribution in [3.8, 4) is 0 Å². The van der Waals surface area contributed by atoms with Gasteiger partial charge in [-0.2, -0.15) is 4.98 Å². The molecule has 0 unspecified atom stereocenters. The van der Waals surface area contributed by atoms with Crippen molar-refractivity contribution in [3.63, 3.8) is 0 Å². The maximum Gasteiger partial charge on any atom is 0.239 e. The summed E-state index contributed by atoms with van der Waals surface area (Å²) >= 11 is 1.56. The van der Waals surface area contributed by atoms with Crippen molar-refractivity contribution in [3.05, 3.63) is 41.8 Å². The Morgan fingerprint density at radius 2 is 2.00 bits per heavy atom.